The van der Waals surface area contributed by atoms with Crippen LogP contribution in [0, 0.1) is 5.92 Å². The van der Waals surface area contributed by atoms with Gasteiger partial charge in [0.1, 0.15) is 0 Å². The molecule has 1 aromatic rings. The van der Waals surface area contributed by atoms with Crippen molar-refractivity contribution in [2.75, 3.05) is 36.0 Å². The molecule has 1 atom stereocenters. The molecule has 1 fully saturated rings. The van der Waals surface area contributed by atoms with E-state index in [4.69, 9.17) is 0 Å². The molecule has 1 aliphatic heterocycles. The smallest absolute Gasteiger partial charge is 0.239 e. The van der Waals surface area contributed by atoms with Crippen molar-refractivity contribution >= 4 is 21.4 Å². The number of hydrogen-bond donors (Lipinski definition) is 1. The van der Waals surface area contributed by atoms with Gasteiger partial charge in [0.05, 0.1) is 18.1 Å². The highest BCUT2D eigenvalue weighted by Gasteiger charge is 2.27. The molecular weight excluding hydrogens is 288 g/mol. The molecular formula is C15H22N2O3S. The Morgan fingerprint density at radius 3 is 2.62 bits per heavy atom. The Labute approximate surface area is 126 Å². The van der Waals surface area contributed by atoms with E-state index >= 15 is 0 Å². The van der Waals surface area contributed by atoms with Crippen LogP contribution < -0.4 is 10.2 Å². The number of sulfone groups is 1. The summed E-state index contributed by atoms with van der Waals surface area (Å²) in [5.41, 5.74) is 1.01. The monoisotopic (exact) mass is 310 g/mol. The summed E-state index contributed by atoms with van der Waals surface area (Å²) in [5, 5.41) is 2.85. The number of nitrogens with one attached hydrogen (secondary N) is 1. The lowest BCUT2D eigenvalue weighted by molar-refractivity contribution is -0.119. The summed E-state index contributed by atoms with van der Waals surface area (Å²) >= 11 is 0. The van der Waals surface area contributed by atoms with Crippen LogP contribution >= 0.6 is 0 Å². The second kappa shape index (κ2) is 6.93. The Balaban J connectivity index is 1.81. The molecule has 1 N–H and O–H groups in total. The maximum absolute atomic E-state index is 12.0. The van der Waals surface area contributed by atoms with Gasteiger partial charge in [-0.15, -0.1) is 0 Å². The highest BCUT2D eigenvalue weighted by Crippen LogP contribution is 2.17. The van der Waals surface area contributed by atoms with E-state index in [1.54, 1.807) is 0 Å². The topological polar surface area (TPSA) is 66.5 Å². The van der Waals surface area contributed by atoms with Gasteiger partial charge in [0.15, 0.2) is 9.84 Å². The van der Waals surface area contributed by atoms with Crippen molar-refractivity contribution in [1.29, 1.82) is 0 Å². The molecule has 6 heteroatoms. The average molecular weight is 310 g/mol. The van der Waals surface area contributed by atoms with Gasteiger partial charge in [0.2, 0.25) is 5.91 Å². The van der Waals surface area contributed by atoms with Gasteiger partial charge in [0, 0.05) is 18.8 Å². The Morgan fingerprint density at radius 2 is 2.05 bits per heavy atom. The fourth-order valence-electron chi connectivity index (χ4n) is 2.54. The summed E-state index contributed by atoms with van der Waals surface area (Å²) < 4.78 is 22.7. The van der Waals surface area contributed by atoms with E-state index in [9.17, 15) is 13.2 Å². The second-order valence-corrected chi connectivity index (χ2v) is 7.65. The molecule has 0 radical (unpaired) electrons. The van der Waals surface area contributed by atoms with Gasteiger partial charge in [-0.05, 0) is 31.4 Å². The molecule has 21 heavy (non-hydrogen) atoms. The zero-order valence-corrected chi connectivity index (χ0v) is 13.1. The van der Waals surface area contributed by atoms with Crippen molar-refractivity contribution in [1.82, 2.24) is 5.32 Å². The van der Waals surface area contributed by atoms with Gasteiger partial charge in [-0.1, -0.05) is 18.2 Å². The van der Waals surface area contributed by atoms with Crippen molar-refractivity contribution < 1.29 is 13.2 Å². The van der Waals surface area contributed by atoms with Crippen molar-refractivity contribution in [2.24, 2.45) is 5.92 Å². The molecule has 2 rings (SSSR count). The fraction of sp³-hybridized carbons (Fsp3) is 0.533. The minimum Gasteiger partial charge on any atom is -0.363 e. The van der Waals surface area contributed by atoms with E-state index < -0.39 is 9.84 Å². The lowest BCUT2D eigenvalue weighted by Crippen LogP contribution is -2.39. The van der Waals surface area contributed by atoms with Crippen LogP contribution in [0.25, 0.3) is 0 Å². The summed E-state index contributed by atoms with van der Waals surface area (Å²) in [6, 6.07) is 9.77. The molecule has 0 bridgehead atoms. The van der Waals surface area contributed by atoms with E-state index in [0.29, 0.717) is 19.5 Å². The molecule has 0 spiro atoms. The molecule has 1 aromatic carbocycles. The summed E-state index contributed by atoms with van der Waals surface area (Å²) in [6.45, 7) is 3.49. The van der Waals surface area contributed by atoms with Gasteiger partial charge >= 0.3 is 0 Å². The van der Waals surface area contributed by atoms with Gasteiger partial charge < -0.3 is 10.2 Å². The molecule has 1 unspecified atom stereocenters. The Morgan fingerprint density at radius 1 is 1.33 bits per heavy atom. The molecule has 1 saturated heterocycles. The molecule has 1 heterocycles. The quantitative estimate of drug-likeness (QED) is 0.853. The third-order valence-corrected chi connectivity index (χ3v) is 5.59. The van der Waals surface area contributed by atoms with Gasteiger partial charge in [-0.3, -0.25) is 4.79 Å². The van der Waals surface area contributed by atoms with Crippen molar-refractivity contribution in [3.8, 4) is 0 Å². The van der Waals surface area contributed by atoms with E-state index in [2.05, 4.69) is 5.32 Å². The first-order chi connectivity index (χ1) is 10.00. The van der Waals surface area contributed by atoms with E-state index in [0.717, 1.165) is 12.2 Å². The Kier molecular flexibility index (Phi) is 5.22. The average Bonchev–Trinajstić information content (AvgIpc) is 2.83. The molecule has 0 aromatic heterocycles. The highest BCUT2D eigenvalue weighted by atomic mass is 32.2. The maximum atomic E-state index is 12.0. The number of hydrogen-bond acceptors (Lipinski definition) is 4. The van der Waals surface area contributed by atoms with Crippen LogP contribution in [0.4, 0.5) is 5.69 Å². The predicted molar refractivity (Wildman–Crippen MR) is 84.1 cm³/mol. The number of benzene rings is 1. The van der Waals surface area contributed by atoms with E-state index in [1.807, 2.05) is 42.2 Å². The van der Waals surface area contributed by atoms with Crippen LogP contribution in [0.15, 0.2) is 30.3 Å². The normalized spacial score (nSPS) is 20.1. The maximum Gasteiger partial charge on any atom is 0.239 e. The predicted octanol–water partition coefficient (Wildman–Crippen LogP) is 1.06. The summed E-state index contributed by atoms with van der Waals surface area (Å²) in [6.07, 6.45) is 0.652. The molecule has 0 saturated carbocycles. The number of likely N-dealkylation sites (N-methyl/N-ethyl adjacent to an activating group) is 1. The van der Waals surface area contributed by atoms with Crippen LogP contribution in [0.3, 0.4) is 0 Å². The largest absolute Gasteiger partial charge is 0.363 e. The van der Waals surface area contributed by atoms with E-state index in [1.165, 1.54) is 0 Å². The van der Waals surface area contributed by atoms with Gasteiger partial charge in [0.25, 0.3) is 0 Å². The number of nitrogens with zero attached hydrogens (tertiary/aromatic N) is 1. The molecule has 5 nitrogen and oxygen atoms in total. The molecule has 0 aliphatic carbocycles. The number of amides is 1. The van der Waals surface area contributed by atoms with Crippen molar-refractivity contribution in [2.45, 2.75) is 13.3 Å². The third-order valence-electron chi connectivity index (χ3n) is 3.75. The van der Waals surface area contributed by atoms with Crippen LogP contribution in [-0.4, -0.2) is 45.5 Å². The van der Waals surface area contributed by atoms with Gasteiger partial charge in [-0.25, -0.2) is 8.42 Å². The minimum absolute atomic E-state index is 0.0609. The summed E-state index contributed by atoms with van der Waals surface area (Å²) in [4.78, 5) is 14.0. The van der Waals surface area contributed by atoms with Crippen LogP contribution in [0.5, 0.6) is 0 Å². The minimum atomic E-state index is -2.88. The number of carbonyl (C=O) groups excluding carboxylic acids is 1. The lowest BCUT2D eigenvalue weighted by atomic mass is 10.1. The third kappa shape index (κ3) is 4.74. The number of carbonyl (C=O) groups is 1. The Bertz CT molecular complexity index is 572. The summed E-state index contributed by atoms with van der Waals surface area (Å²) in [7, 11) is -2.88. The van der Waals surface area contributed by atoms with Crippen LogP contribution in [-0.2, 0) is 14.6 Å². The molecule has 116 valence electrons. The zero-order chi connectivity index (χ0) is 15.3. The van der Waals surface area contributed by atoms with Crippen LogP contribution in [0.2, 0.25) is 0 Å². The first-order valence-electron chi connectivity index (χ1n) is 7.27. The SMILES string of the molecule is CCN(CC(=O)NCC1CCS(=O)(=O)C1)c1ccccc1. The van der Waals surface area contributed by atoms with Crippen LogP contribution in [0.1, 0.15) is 13.3 Å². The Hall–Kier alpha value is -1.56. The fourth-order valence-corrected chi connectivity index (χ4v) is 4.41. The number of anilines is 1. The summed E-state index contributed by atoms with van der Waals surface area (Å²) in [5.74, 6) is 0.443. The number of para-hydroxylation sites is 1. The molecule has 1 amide bonds. The van der Waals surface area contributed by atoms with Gasteiger partial charge in [-0.2, -0.15) is 0 Å². The zero-order valence-electron chi connectivity index (χ0n) is 12.3. The number of rotatable bonds is 6. The second-order valence-electron chi connectivity index (χ2n) is 5.42. The van der Waals surface area contributed by atoms with Crippen molar-refractivity contribution in [3.05, 3.63) is 30.3 Å². The first-order valence-corrected chi connectivity index (χ1v) is 9.09. The standard InChI is InChI=1S/C15H22N2O3S/c1-2-17(14-6-4-3-5-7-14)11-15(18)16-10-13-8-9-21(19,20)12-13/h3-7,13H,2,8-12H2,1H3,(H,16,18). The van der Waals surface area contributed by atoms with Crippen molar-refractivity contribution in [3.63, 3.8) is 0 Å². The highest BCUT2D eigenvalue weighted by molar-refractivity contribution is 7.91. The lowest BCUT2D eigenvalue weighted by Gasteiger charge is -2.22. The van der Waals surface area contributed by atoms with E-state index in [-0.39, 0.29) is 23.3 Å². The molecule has 1 aliphatic rings. The first kappa shape index (κ1) is 15.8.